The van der Waals surface area contributed by atoms with Crippen LogP contribution in [0.5, 0.6) is 11.5 Å². The number of aromatic hydroxyl groups is 1. The summed E-state index contributed by atoms with van der Waals surface area (Å²) in [6.07, 6.45) is 1.25. The van der Waals surface area contributed by atoms with E-state index < -0.39 is 11.9 Å². The number of piperazine rings is 2. The van der Waals surface area contributed by atoms with Crippen molar-refractivity contribution < 1.29 is 23.8 Å². The second-order valence-electron chi connectivity index (χ2n) is 9.76. The number of phenols is 1. The molecule has 0 saturated carbocycles. The molecule has 196 valence electrons. The maximum absolute atomic E-state index is 15.0. The van der Waals surface area contributed by atoms with Crippen molar-refractivity contribution in [3.05, 3.63) is 47.3 Å². The number of pyridine rings is 1. The number of carbonyl (C=O) groups excluding carboxylic acids is 2. The van der Waals surface area contributed by atoms with Gasteiger partial charge in [-0.3, -0.25) is 9.59 Å². The van der Waals surface area contributed by atoms with E-state index in [1.165, 1.54) is 24.3 Å². The Hall–Kier alpha value is -3.37. The van der Waals surface area contributed by atoms with Crippen LogP contribution >= 0.6 is 11.6 Å². The zero-order chi connectivity index (χ0) is 26.4. The summed E-state index contributed by atoms with van der Waals surface area (Å²) in [6.45, 7) is 9.76. The number of aromatic nitrogens is 1. The molecule has 0 aliphatic carbocycles. The van der Waals surface area contributed by atoms with Gasteiger partial charge in [-0.05, 0) is 32.1 Å². The number of carbonyl (C=O) groups is 2. The van der Waals surface area contributed by atoms with E-state index in [4.69, 9.17) is 21.3 Å². The second-order valence-corrected chi connectivity index (χ2v) is 10.1. The van der Waals surface area contributed by atoms with E-state index >= 15 is 0 Å². The fraction of sp³-hybridized carbons (Fsp3) is 0.423. The van der Waals surface area contributed by atoms with E-state index in [1.807, 2.05) is 18.7 Å². The number of halogens is 2. The Morgan fingerprint density at radius 1 is 1.24 bits per heavy atom. The third kappa shape index (κ3) is 4.48. The Balaban J connectivity index is 1.67. The third-order valence-electron chi connectivity index (χ3n) is 7.02. The summed E-state index contributed by atoms with van der Waals surface area (Å²) in [7, 11) is 0. The van der Waals surface area contributed by atoms with Crippen LogP contribution in [-0.4, -0.2) is 89.2 Å². The van der Waals surface area contributed by atoms with Crippen LogP contribution in [0.15, 0.2) is 30.9 Å². The number of hydrogen-bond acceptors (Lipinski definition) is 7. The largest absolute Gasteiger partial charge is 0.507 e. The van der Waals surface area contributed by atoms with Crippen LogP contribution in [0.2, 0.25) is 5.02 Å². The minimum Gasteiger partial charge on any atom is -0.507 e. The molecule has 3 atom stereocenters. The van der Waals surface area contributed by atoms with Gasteiger partial charge in [0.1, 0.15) is 40.3 Å². The fourth-order valence-corrected chi connectivity index (χ4v) is 5.70. The lowest BCUT2D eigenvalue weighted by molar-refractivity contribution is -0.128. The Labute approximate surface area is 219 Å². The summed E-state index contributed by atoms with van der Waals surface area (Å²) in [4.78, 5) is 36.3. The molecule has 3 aliphatic rings. The van der Waals surface area contributed by atoms with Gasteiger partial charge >= 0.3 is 0 Å². The van der Waals surface area contributed by atoms with Crippen LogP contribution in [0.4, 0.5) is 10.2 Å². The van der Waals surface area contributed by atoms with Crippen LogP contribution in [0, 0.1) is 5.82 Å². The highest BCUT2D eigenvalue weighted by molar-refractivity contribution is 6.35. The van der Waals surface area contributed by atoms with E-state index in [0.717, 1.165) is 0 Å². The molecule has 3 aliphatic heterocycles. The highest BCUT2D eigenvalue weighted by atomic mass is 35.5. The van der Waals surface area contributed by atoms with Crippen LogP contribution in [0.1, 0.15) is 24.2 Å². The molecule has 1 aromatic heterocycles. The van der Waals surface area contributed by atoms with Gasteiger partial charge in [-0.2, -0.15) is 0 Å². The van der Waals surface area contributed by atoms with Gasteiger partial charge in [0.25, 0.3) is 5.91 Å². The van der Waals surface area contributed by atoms with Crippen LogP contribution in [0.3, 0.4) is 0 Å². The average Bonchev–Trinajstić information content (AvgIpc) is 3.00. The quantitative estimate of drug-likeness (QED) is 0.590. The monoisotopic (exact) mass is 529 g/mol. The number of nitrogens with one attached hydrogen (secondary N) is 1. The van der Waals surface area contributed by atoms with E-state index in [-0.39, 0.29) is 70.4 Å². The van der Waals surface area contributed by atoms with Gasteiger partial charge < -0.3 is 29.9 Å². The molecule has 2 amide bonds. The van der Waals surface area contributed by atoms with Gasteiger partial charge in [0.2, 0.25) is 5.91 Å². The molecular formula is C26H29ClFN5O4. The van der Waals surface area contributed by atoms with Crippen molar-refractivity contribution >= 4 is 29.2 Å². The summed E-state index contributed by atoms with van der Waals surface area (Å²) in [5, 5.41) is 13.9. The van der Waals surface area contributed by atoms with Crippen LogP contribution < -0.4 is 15.0 Å². The van der Waals surface area contributed by atoms with Gasteiger partial charge in [0.15, 0.2) is 5.75 Å². The first-order valence-electron chi connectivity index (χ1n) is 12.3. The number of amides is 2. The van der Waals surface area contributed by atoms with Crippen LogP contribution in [-0.2, 0) is 4.79 Å². The van der Waals surface area contributed by atoms with E-state index in [1.54, 1.807) is 9.80 Å². The molecule has 2 N–H and O–H groups in total. The van der Waals surface area contributed by atoms with Gasteiger partial charge in [0, 0.05) is 44.8 Å². The molecule has 0 radical (unpaired) electrons. The Morgan fingerprint density at radius 3 is 2.65 bits per heavy atom. The number of benzene rings is 1. The Bertz CT molecular complexity index is 1240. The lowest BCUT2D eigenvalue weighted by atomic mass is 10.0. The minimum atomic E-state index is -0.696. The van der Waals surface area contributed by atoms with E-state index in [2.05, 4.69) is 11.9 Å². The SMILES string of the molecule is C=CC(=O)N1CCN2C(=O)c3c(N4C[C@@H](C)N[C@@H](C)C4)nc(-c4c(O)cccc4F)c(Cl)c3OC[C@H]2C1. The Morgan fingerprint density at radius 2 is 1.97 bits per heavy atom. The molecule has 0 spiro atoms. The molecule has 2 fully saturated rings. The smallest absolute Gasteiger partial charge is 0.261 e. The van der Waals surface area contributed by atoms with Crippen LogP contribution in [0.25, 0.3) is 11.3 Å². The van der Waals surface area contributed by atoms with Gasteiger partial charge in [-0.25, -0.2) is 9.37 Å². The number of hydrogen-bond donors (Lipinski definition) is 2. The first-order chi connectivity index (χ1) is 17.7. The number of fused-ring (bicyclic) bond motifs is 2. The summed E-state index contributed by atoms with van der Waals surface area (Å²) in [6, 6.07) is 3.75. The number of anilines is 1. The number of rotatable bonds is 3. The second kappa shape index (κ2) is 9.83. The summed E-state index contributed by atoms with van der Waals surface area (Å²) >= 11 is 6.77. The number of phenolic OH excluding ortho intramolecular Hbond substituents is 1. The van der Waals surface area contributed by atoms with E-state index in [9.17, 15) is 19.1 Å². The Kier molecular flexibility index (Phi) is 6.72. The van der Waals surface area contributed by atoms with Gasteiger partial charge in [-0.1, -0.05) is 24.2 Å². The molecule has 4 heterocycles. The molecular weight excluding hydrogens is 501 g/mol. The van der Waals surface area contributed by atoms with Crippen molar-refractivity contribution in [2.24, 2.45) is 0 Å². The molecule has 5 rings (SSSR count). The molecule has 0 unspecified atom stereocenters. The predicted octanol–water partition coefficient (Wildman–Crippen LogP) is 2.66. The molecule has 0 bridgehead atoms. The normalized spacial score (nSPS) is 23.6. The maximum Gasteiger partial charge on any atom is 0.261 e. The van der Waals surface area contributed by atoms with Crippen molar-refractivity contribution in [3.63, 3.8) is 0 Å². The van der Waals surface area contributed by atoms with Gasteiger partial charge in [0.05, 0.1) is 11.6 Å². The third-order valence-corrected chi connectivity index (χ3v) is 7.38. The highest BCUT2D eigenvalue weighted by Gasteiger charge is 2.41. The molecule has 2 saturated heterocycles. The summed E-state index contributed by atoms with van der Waals surface area (Å²) in [5.41, 5.74) is 0.0476. The zero-order valence-corrected chi connectivity index (χ0v) is 21.5. The molecule has 9 nitrogen and oxygen atoms in total. The summed E-state index contributed by atoms with van der Waals surface area (Å²) < 4.78 is 21.1. The molecule has 2 aromatic rings. The first-order valence-corrected chi connectivity index (χ1v) is 12.6. The molecule has 1 aromatic carbocycles. The van der Waals surface area contributed by atoms with Crippen molar-refractivity contribution in [2.75, 3.05) is 44.2 Å². The summed E-state index contributed by atoms with van der Waals surface area (Å²) in [5.74, 6) is -1.11. The maximum atomic E-state index is 15.0. The van der Waals surface area contributed by atoms with E-state index in [0.29, 0.717) is 32.0 Å². The number of nitrogens with zero attached hydrogens (tertiary/aromatic N) is 4. The lowest BCUT2D eigenvalue weighted by Crippen LogP contribution is -2.58. The minimum absolute atomic E-state index is 0.000916. The predicted molar refractivity (Wildman–Crippen MR) is 138 cm³/mol. The fourth-order valence-electron chi connectivity index (χ4n) is 5.42. The molecule has 37 heavy (non-hydrogen) atoms. The molecule has 11 heteroatoms. The average molecular weight is 530 g/mol. The topological polar surface area (TPSA) is 98.2 Å². The zero-order valence-electron chi connectivity index (χ0n) is 20.7. The van der Waals surface area contributed by atoms with Crippen molar-refractivity contribution in [1.82, 2.24) is 20.1 Å². The van der Waals surface area contributed by atoms with Crippen molar-refractivity contribution in [3.8, 4) is 22.8 Å². The first kappa shape index (κ1) is 25.3. The van der Waals surface area contributed by atoms with Crippen molar-refractivity contribution in [2.45, 2.75) is 32.0 Å². The number of ether oxygens (including phenoxy) is 1. The standard InChI is InChI=1S/C26H29ClFN5O4/c1-4-19(35)31-8-9-33-16(12-31)13-37-24-21(26(33)36)25(32-10-14(2)29-15(3)11-32)30-23(22(24)27)20-17(28)6-5-7-18(20)34/h4-7,14-16,29,34H,1,8-13H2,2-3H3/t14-,15+,16-/m1/s1. The van der Waals surface area contributed by atoms with Crippen molar-refractivity contribution in [1.29, 1.82) is 0 Å². The van der Waals surface area contributed by atoms with Gasteiger partial charge in [-0.15, -0.1) is 0 Å². The lowest BCUT2D eigenvalue weighted by Gasteiger charge is -2.40. The highest BCUT2D eigenvalue weighted by Crippen LogP contribution is 2.46.